The molecule has 20 heavy (non-hydrogen) atoms. The first-order valence-corrected chi connectivity index (χ1v) is 8.46. The van der Waals surface area contributed by atoms with Gasteiger partial charge >= 0.3 is 0 Å². The molecule has 0 saturated carbocycles. The van der Waals surface area contributed by atoms with Crippen LogP contribution in [-0.4, -0.2) is 16.8 Å². The van der Waals surface area contributed by atoms with Gasteiger partial charge in [0.2, 0.25) is 0 Å². The van der Waals surface area contributed by atoms with Gasteiger partial charge in [-0.25, -0.2) is 4.98 Å². The van der Waals surface area contributed by atoms with E-state index in [2.05, 4.69) is 38.1 Å². The van der Waals surface area contributed by atoms with Crippen molar-refractivity contribution >= 4 is 22.7 Å². The van der Waals surface area contributed by atoms with Gasteiger partial charge < -0.3 is 5.73 Å². The summed E-state index contributed by atoms with van der Waals surface area (Å²) in [5.41, 5.74) is 8.35. The Morgan fingerprint density at radius 2 is 2.05 bits per heavy atom. The van der Waals surface area contributed by atoms with Crippen LogP contribution in [0.15, 0.2) is 35.4 Å². The number of rotatable bonds is 7. The normalized spacial score (nSPS) is 12.8. The van der Waals surface area contributed by atoms with E-state index >= 15 is 0 Å². The molecular formula is C17H24N2S. The van der Waals surface area contributed by atoms with E-state index in [-0.39, 0.29) is 6.04 Å². The average molecular weight is 288 g/mol. The minimum atomic E-state index is 0.174. The van der Waals surface area contributed by atoms with Gasteiger partial charge in [0.25, 0.3) is 0 Å². The van der Waals surface area contributed by atoms with E-state index < -0.39 is 0 Å². The predicted molar refractivity (Wildman–Crippen MR) is 89.3 cm³/mol. The third kappa shape index (κ3) is 4.22. The second-order valence-electron chi connectivity index (χ2n) is 5.38. The summed E-state index contributed by atoms with van der Waals surface area (Å²) in [6.07, 6.45) is 4.71. The number of unbranched alkanes of at least 4 members (excludes halogenated alkanes) is 2. The Bertz CT molecular complexity index is 552. The predicted octanol–water partition coefficient (Wildman–Crippen LogP) is 4.41. The van der Waals surface area contributed by atoms with E-state index in [1.807, 2.05) is 17.8 Å². The topological polar surface area (TPSA) is 38.9 Å². The zero-order valence-corrected chi connectivity index (χ0v) is 13.2. The van der Waals surface area contributed by atoms with Crippen LogP contribution >= 0.6 is 11.8 Å². The van der Waals surface area contributed by atoms with Crippen molar-refractivity contribution in [2.75, 3.05) is 5.75 Å². The number of fused-ring (bicyclic) bond motifs is 1. The van der Waals surface area contributed by atoms with Crippen LogP contribution in [0.4, 0.5) is 0 Å². The Kier molecular flexibility index (Phi) is 5.86. The van der Waals surface area contributed by atoms with Crippen LogP contribution < -0.4 is 5.73 Å². The van der Waals surface area contributed by atoms with Crippen LogP contribution in [0.1, 0.15) is 38.7 Å². The molecule has 0 bridgehead atoms. The fraction of sp³-hybridized carbons (Fsp3) is 0.471. The van der Waals surface area contributed by atoms with Crippen molar-refractivity contribution in [3.05, 3.63) is 35.9 Å². The summed E-state index contributed by atoms with van der Waals surface area (Å²) >= 11 is 1.88. The van der Waals surface area contributed by atoms with Gasteiger partial charge in [0.1, 0.15) is 0 Å². The largest absolute Gasteiger partial charge is 0.328 e. The zero-order valence-electron chi connectivity index (χ0n) is 12.4. The minimum absolute atomic E-state index is 0.174. The van der Waals surface area contributed by atoms with Crippen LogP contribution in [0.3, 0.4) is 0 Å². The standard InChI is InChI=1S/C17H24N2S/c1-3-4-7-10-20-17-15(11-13(2)18)12-14-8-5-6-9-16(14)19-17/h5-6,8-9,12-13H,3-4,7,10-11,18H2,1-2H3. The Balaban J connectivity index is 2.23. The highest BCUT2D eigenvalue weighted by Crippen LogP contribution is 2.26. The number of thioether (sulfide) groups is 1. The number of para-hydroxylation sites is 1. The minimum Gasteiger partial charge on any atom is -0.328 e. The van der Waals surface area contributed by atoms with E-state index in [0.717, 1.165) is 22.7 Å². The SMILES string of the molecule is CCCCCSc1nc2ccccc2cc1CC(C)N. The molecule has 1 aromatic carbocycles. The summed E-state index contributed by atoms with van der Waals surface area (Å²) in [6.45, 7) is 4.29. The van der Waals surface area contributed by atoms with Crippen molar-refractivity contribution in [3.8, 4) is 0 Å². The van der Waals surface area contributed by atoms with Crippen molar-refractivity contribution in [3.63, 3.8) is 0 Å². The molecule has 108 valence electrons. The molecule has 1 unspecified atom stereocenters. The first-order valence-electron chi connectivity index (χ1n) is 7.47. The fourth-order valence-electron chi connectivity index (χ4n) is 2.28. The quantitative estimate of drug-likeness (QED) is 0.606. The van der Waals surface area contributed by atoms with Gasteiger partial charge in [0, 0.05) is 11.4 Å². The Morgan fingerprint density at radius 1 is 1.25 bits per heavy atom. The first-order chi connectivity index (χ1) is 9.70. The van der Waals surface area contributed by atoms with E-state index in [0.29, 0.717) is 0 Å². The number of hydrogen-bond donors (Lipinski definition) is 1. The Morgan fingerprint density at radius 3 is 2.80 bits per heavy atom. The van der Waals surface area contributed by atoms with Crippen molar-refractivity contribution in [2.24, 2.45) is 5.73 Å². The molecule has 0 amide bonds. The van der Waals surface area contributed by atoms with E-state index in [1.54, 1.807) is 0 Å². The molecule has 0 saturated heterocycles. The maximum atomic E-state index is 5.98. The molecule has 0 aliphatic heterocycles. The third-order valence-electron chi connectivity index (χ3n) is 3.29. The van der Waals surface area contributed by atoms with Crippen LogP contribution in [0, 0.1) is 0 Å². The molecule has 2 nitrogen and oxygen atoms in total. The molecule has 0 radical (unpaired) electrons. The second kappa shape index (κ2) is 7.65. The molecule has 3 heteroatoms. The molecule has 2 N–H and O–H groups in total. The fourth-order valence-corrected chi connectivity index (χ4v) is 3.31. The number of nitrogens with two attached hydrogens (primary N) is 1. The van der Waals surface area contributed by atoms with Gasteiger partial charge in [-0.3, -0.25) is 0 Å². The number of benzene rings is 1. The molecule has 1 heterocycles. The maximum absolute atomic E-state index is 5.98. The number of hydrogen-bond acceptors (Lipinski definition) is 3. The summed E-state index contributed by atoms with van der Waals surface area (Å²) in [5, 5.41) is 2.37. The number of aromatic nitrogens is 1. The van der Waals surface area contributed by atoms with Crippen LogP contribution in [0.25, 0.3) is 10.9 Å². The lowest BCUT2D eigenvalue weighted by atomic mass is 10.1. The van der Waals surface area contributed by atoms with Crippen molar-refractivity contribution in [1.82, 2.24) is 4.98 Å². The van der Waals surface area contributed by atoms with E-state index in [4.69, 9.17) is 10.7 Å². The smallest absolute Gasteiger partial charge is 0.1000 e. The van der Waals surface area contributed by atoms with Crippen molar-refractivity contribution in [1.29, 1.82) is 0 Å². The highest BCUT2D eigenvalue weighted by atomic mass is 32.2. The summed E-state index contributed by atoms with van der Waals surface area (Å²) in [4.78, 5) is 4.83. The Labute approximate surface area is 126 Å². The summed E-state index contributed by atoms with van der Waals surface area (Å²) < 4.78 is 0. The molecular weight excluding hydrogens is 264 g/mol. The first kappa shape index (κ1) is 15.3. The lowest BCUT2D eigenvalue weighted by Crippen LogP contribution is -2.18. The number of pyridine rings is 1. The highest BCUT2D eigenvalue weighted by molar-refractivity contribution is 7.99. The maximum Gasteiger partial charge on any atom is 0.1000 e. The van der Waals surface area contributed by atoms with Crippen LogP contribution in [0.2, 0.25) is 0 Å². The van der Waals surface area contributed by atoms with Crippen molar-refractivity contribution < 1.29 is 0 Å². The van der Waals surface area contributed by atoms with Crippen molar-refractivity contribution in [2.45, 2.75) is 50.6 Å². The van der Waals surface area contributed by atoms with Gasteiger partial charge in [0.15, 0.2) is 0 Å². The molecule has 0 aliphatic carbocycles. The summed E-state index contributed by atoms with van der Waals surface area (Å²) in [5.74, 6) is 1.14. The van der Waals surface area contributed by atoms with Gasteiger partial charge in [-0.2, -0.15) is 0 Å². The van der Waals surface area contributed by atoms with E-state index in [1.165, 1.54) is 30.2 Å². The second-order valence-corrected chi connectivity index (χ2v) is 6.47. The zero-order chi connectivity index (χ0) is 14.4. The molecule has 0 spiro atoms. The molecule has 2 aromatic rings. The van der Waals surface area contributed by atoms with E-state index in [9.17, 15) is 0 Å². The van der Waals surface area contributed by atoms with Gasteiger partial charge in [-0.05, 0) is 43.2 Å². The molecule has 0 aliphatic rings. The highest BCUT2D eigenvalue weighted by Gasteiger charge is 2.09. The lowest BCUT2D eigenvalue weighted by Gasteiger charge is -2.12. The Hall–Kier alpha value is -1.06. The summed E-state index contributed by atoms with van der Waals surface area (Å²) in [6, 6.07) is 10.8. The average Bonchev–Trinajstić information content (AvgIpc) is 2.43. The molecule has 2 rings (SSSR count). The monoisotopic (exact) mass is 288 g/mol. The van der Waals surface area contributed by atoms with Gasteiger partial charge in [0.05, 0.1) is 10.5 Å². The van der Waals surface area contributed by atoms with Gasteiger partial charge in [-0.15, -0.1) is 11.8 Å². The van der Waals surface area contributed by atoms with Crippen LogP contribution in [0.5, 0.6) is 0 Å². The van der Waals surface area contributed by atoms with Gasteiger partial charge in [-0.1, -0.05) is 38.0 Å². The van der Waals surface area contributed by atoms with Crippen LogP contribution in [-0.2, 0) is 6.42 Å². The molecule has 0 fully saturated rings. The number of nitrogens with zero attached hydrogens (tertiary/aromatic N) is 1. The lowest BCUT2D eigenvalue weighted by molar-refractivity contribution is 0.724. The summed E-state index contributed by atoms with van der Waals surface area (Å²) in [7, 11) is 0. The third-order valence-corrected chi connectivity index (χ3v) is 4.41. The molecule has 1 aromatic heterocycles. The molecule has 1 atom stereocenters.